The molecular formula is C22H17BrClN3O2. The van der Waals surface area contributed by atoms with Gasteiger partial charge in [0.2, 0.25) is 0 Å². The van der Waals surface area contributed by atoms with E-state index >= 15 is 0 Å². The number of benzene rings is 3. The third-order valence-electron chi connectivity index (χ3n) is 4.09. The fraction of sp³-hybridized carbons (Fsp3) is 0.0455. The minimum atomic E-state index is -0.316. The zero-order valence-corrected chi connectivity index (χ0v) is 17.8. The van der Waals surface area contributed by atoms with E-state index in [9.17, 15) is 9.59 Å². The van der Waals surface area contributed by atoms with Gasteiger partial charge in [-0.2, -0.15) is 5.10 Å². The molecule has 0 aliphatic rings. The Morgan fingerprint density at radius 2 is 1.62 bits per heavy atom. The van der Waals surface area contributed by atoms with Gasteiger partial charge in [0.1, 0.15) is 0 Å². The first-order valence-electron chi connectivity index (χ1n) is 8.70. The summed E-state index contributed by atoms with van der Waals surface area (Å²) in [7, 11) is 0. The predicted molar refractivity (Wildman–Crippen MR) is 120 cm³/mol. The van der Waals surface area contributed by atoms with Crippen molar-refractivity contribution in [1.82, 2.24) is 5.43 Å². The van der Waals surface area contributed by atoms with Crippen molar-refractivity contribution < 1.29 is 9.59 Å². The third kappa shape index (κ3) is 5.53. The van der Waals surface area contributed by atoms with Crippen molar-refractivity contribution in [3.63, 3.8) is 0 Å². The van der Waals surface area contributed by atoms with E-state index in [1.54, 1.807) is 67.6 Å². The average Bonchev–Trinajstić information content (AvgIpc) is 2.72. The molecule has 3 aromatic carbocycles. The second kappa shape index (κ2) is 9.49. The van der Waals surface area contributed by atoms with Crippen molar-refractivity contribution in [2.24, 2.45) is 5.10 Å². The Morgan fingerprint density at radius 3 is 2.34 bits per heavy atom. The molecule has 2 amide bonds. The number of amides is 2. The molecule has 0 atom stereocenters. The van der Waals surface area contributed by atoms with Crippen molar-refractivity contribution in [1.29, 1.82) is 0 Å². The molecule has 0 aromatic heterocycles. The third-order valence-corrected chi connectivity index (χ3v) is 5.03. The first kappa shape index (κ1) is 20.8. The topological polar surface area (TPSA) is 70.6 Å². The van der Waals surface area contributed by atoms with E-state index in [1.807, 2.05) is 12.1 Å². The molecule has 5 nitrogen and oxygen atoms in total. The number of nitrogens with zero attached hydrogens (tertiary/aromatic N) is 1. The van der Waals surface area contributed by atoms with Gasteiger partial charge in [0, 0.05) is 20.7 Å². The summed E-state index contributed by atoms with van der Waals surface area (Å²) in [4.78, 5) is 24.6. The van der Waals surface area contributed by atoms with Crippen LogP contribution in [0.1, 0.15) is 33.2 Å². The minimum absolute atomic E-state index is 0.240. The maximum Gasteiger partial charge on any atom is 0.272 e. The standard InChI is InChI=1S/C22H17BrClN3O2/c1-14(26-27-22(29)19-7-2-3-8-20(19)23)16-5-4-6-18(13-16)25-21(28)15-9-11-17(24)12-10-15/h2-13H,1H3,(H,25,28)(H,27,29). The summed E-state index contributed by atoms with van der Waals surface area (Å²) in [6.45, 7) is 1.78. The highest BCUT2D eigenvalue weighted by Gasteiger charge is 2.10. The summed E-state index contributed by atoms with van der Waals surface area (Å²) in [5.41, 5.74) is 5.54. The molecule has 0 aliphatic carbocycles. The highest BCUT2D eigenvalue weighted by Crippen LogP contribution is 2.17. The number of halogens is 2. The second-order valence-corrected chi connectivity index (χ2v) is 7.45. The molecule has 0 fully saturated rings. The summed E-state index contributed by atoms with van der Waals surface area (Å²) < 4.78 is 0.692. The van der Waals surface area contributed by atoms with Crippen LogP contribution in [0.5, 0.6) is 0 Å². The lowest BCUT2D eigenvalue weighted by Gasteiger charge is -2.08. The molecule has 0 spiro atoms. The molecule has 0 saturated heterocycles. The van der Waals surface area contributed by atoms with E-state index in [0.717, 1.165) is 5.56 Å². The van der Waals surface area contributed by atoms with E-state index in [2.05, 4.69) is 31.8 Å². The molecule has 7 heteroatoms. The molecule has 0 unspecified atom stereocenters. The van der Waals surface area contributed by atoms with Crippen LogP contribution in [-0.2, 0) is 0 Å². The van der Waals surface area contributed by atoms with Gasteiger partial charge in [-0.15, -0.1) is 0 Å². The molecule has 3 aromatic rings. The van der Waals surface area contributed by atoms with Crippen LogP contribution in [0.2, 0.25) is 5.02 Å². The molecule has 0 heterocycles. The molecule has 29 heavy (non-hydrogen) atoms. The van der Waals surface area contributed by atoms with Gasteiger partial charge in [0.05, 0.1) is 11.3 Å². The summed E-state index contributed by atoms with van der Waals surface area (Å²) in [5.74, 6) is -0.556. The molecule has 146 valence electrons. The van der Waals surface area contributed by atoms with E-state index in [0.29, 0.717) is 32.0 Å². The molecule has 0 radical (unpaired) electrons. The summed E-state index contributed by atoms with van der Waals surface area (Å²) >= 11 is 9.20. The van der Waals surface area contributed by atoms with Gasteiger partial charge in [-0.3, -0.25) is 9.59 Å². The monoisotopic (exact) mass is 469 g/mol. The van der Waals surface area contributed by atoms with Gasteiger partial charge in [0.15, 0.2) is 0 Å². The van der Waals surface area contributed by atoms with Crippen LogP contribution in [0, 0.1) is 0 Å². The summed E-state index contributed by atoms with van der Waals surface area (Å²) in [6, 6.07) is 21.0. The van der Waals surface area contributed by atoms with Gasteiger partial charge in [0.25, 0.3) is 11.8 Å². The number of carbonyl (C=O) groups is 2. The average molecular weight is 471 g/mol. The Bertz CT molecular complexity index is 1080. The highest BCUT2D eigenvalue weighted by atomic mass is 79.9. The molecule has 0 aliphatic heterocycles. The lowest BCUT2D eigenvalue weighted by Crippen LogP contribution is -2.19. The van der Waals surface area contributed by atoms with Crippen LogP contribution in [-0.4, -0.2) is 17.5 Å². The Kier molecular flexibility index (Phi) is 6.80. The van der Waals surface area contributed by atoms with Gasteiger partial charge >= 0.3 is 0 Å². The SMILES string of the molecule is CC(=NNC(=O)c1ccccc1Br)c1cccc(NC(=O)c2ccc(Cl)cc2)c1. The predicted octanol–water partition coefficient (Wildman–Crippen LogP) is 5.51. The molecule has 3 rings (SSSR count). The Balaban J connectivity index is 1.70. The zero-order chi connectivity index (χ0) is 20.8. The minimum Gasteiger partial charge on any atom is -0.322 e. The molecule has 0 bridgehead atoms. The van der Waals surface area contributed by atoms with Crippen LogP contribution < -0.4 is 10.7 Å². The van der Waals surface area contributed by atoms with Crippen molar-refractivity contribution in [2.75, 3.05) is 5.32 Å². The number of hydrazone groups is 1. The number of nitrogens with one attached hydrogen (secondary N) is 2. The van der Waals surface area contributed by atoms with E-state index in [-0.39, 0.29) is 11.8 Å². The van der Waals surface area contributed by atoms with Crippen LogP contribution in [0.3, 0.4) is 0 Å². The molecule has 0 saturated carbocycles. The van der Waals surface area contributed by atoms with Crippen molar-refractivity contribution in [3.05, 3.63) is 99.0 Å². The normalized spacial score (nSPS) is 11.1. The largest absolute Gasteiger partial charge is 0.322 e. The van der Waals surface area contributed by atoms with E-state index in [4.69, 9.17) is 11.6 Å². The number of hydrogen-bond acceptors (Lipinski definition) is 3. The summed E-state index contributed by atoms with van der Waals surface area (Å²) in [5, 5.41) is 7.58. The lowest BCUT2D eigenvalue weighted by atomic mass is 10.1. The van der Waals surface area contributed by atoms with Gasteiger partial charge < -0.3 is 5.32 Å². The zero-order valence-electron chi connectivity index (χ0n) is 15.4. The number of carbonyl (C=O) groups excluding carboxylic acids is 2. The van der Waals surface area contributed by atoms with Crippen molar-refractivity contribution in [3.8, 4) is 0 Å². The first-order chi connectivity index (χ1) is 13.9. The van der Waals surface area contributed by atoms with Crippen molar-refractivity contribution in [2.45, 2.75) is 6.92 Å². The van der Waals surface area contributed by atoms with Gasteiger partial charge in [-0.05, 0) is 76.9 Å². The smallest absolute Gasteiger partial charge is 0.272 e. The highest BCUT2D eigenvalue weighted by molar-refractivity contribution is 9.10. The number of anilines is 1. The van der Waals surface area contributed by atoms with Crippen LogP contribution in [0.15, 0.2) is 82.4 Å². The fourth-order valence-electron chi connectivity index (χ4n) is 2.53. The lowest BCUT2D eigenvalue weighted by molar-refractivity contribution is 0.0953. The Morgan fingerprint density at radius 1 is 0.897 bits per heavy atom. The molecule has 2 N–H and O–H groups in total. The Hall–Kier alpha value is -2.96. The second-order valence-electron chi connectivity index (χ2n) is 6.16. The van der Waals surface area contributed by atoms with Crippen LogP contribution >= 0.6 is 27.5 Å². The van der Waals surface area contributed by atoms with Gasteiger partial charge in [-0.25, -0.2) is 5.43 Å². The van der Waals surface area contributed by atoms with E-state index < -0.39 is 0 Å². The van der Waals surface area contributed by atoms with Crippen LogP contribution in [0.25, 0.3) is 0 Å². The Labute approximate surface area is 181 Å². The maximum atomic E-state index is 12.4. The first-order valence-corrected chi connectivity index (χ1v) is 9.87. The molecular weight excluding hydrogens is 454 g/mol. The van der Waals surface area contributed by atoms with E-state index in [1.165, 1.54) is 0 Å². The quantitative estimate of drug-likeness (QED) is 0.381. The van der Waals surface area contributed by atoms with Gasteiger partial charge in [-0.1, -0.05) is 35.9 Å². The number of hydrogen-bond donors (Lipinski definition) is 2. The number of rotatable bonds is 5. The van der Waals surface area contributed by atoms with Crippen LogP contribution in [0.4, 0.5) is 5.69 Å². The van der Waals surface area contributed by atoms with Crippen molar-refractivity contribution >= 4 is 50.7 Å². The fourth-order valence-corrected chi connectivity index (χ4v) is 3.12. The maximum absolute atomic E-state index is 12.4. The summed E-state index contributed by atoms with van der Waals surface area (Å²) in [6.07, 6.45) is 0.